The van der Waals surface area contributed by atoms with Crippen molar-refractivity contribution in [2.24, 2.45) is 0 Å². The highest BCUT2D eigenvalue weighted by Crippen LogP contribution is 2.39. The predicted octanol–water partition coefficient (Wildman–Crippen LogP) is 2.88. The van der Waals surface area contributed by atoms with E-state index in [0.29, 0.717) is 18.3 Å². The number of rotatable bonds is 5. The van der Waals surface area contributed by atoms with Crippen LogP contribution in [0.15, 0.2) is 6.20 Å². The van der Waals surface area contributed by atoms with Crippen molar-refractivity contribution in [3.8, 4) is 0 Å². The first-order chi connectivity index (χ1) is 9.67. The maximum absolute atomic E-state index is 5.98. The van der Waals surface area contributed by atoms with E-state index in [0.717, 1.165) is 28.6 Å². The van der Waals surface area contributed by atoms with E-state index in [9.17, 15) is 0 Å². The largest absolute Gasteiger partial charge is 0.383 e. The van der Waals surface area contributed by atoms with Crippen LogP contribution in [0.3, 0.4) is 0 Å². The molecular formula is C14H19N5S. The highest BCUT2D eigenvalue weighted by Gasteiger charge is 2.27. The van der Waals surface area contributed by atoms with Gasteiger partial charge >= 0.3 is 0 Å². The zero-order chi connectivity index (χ0) is 14.1. The molecule has 0 unspecified atom stereocenters. The Morgan fingerprint density at radius 1 is 1.40 bits per heavy atom. The summed E-state index contributed by atoms with van der Waals surface area (Å²) in [6, 6.07) is 0. The molecule has 0 aliphatic heterocycles. The number of hydrogen-bond donors (Lipinski definition) is 2. The number of anilines is 2. The van der Waals surface area contributed by atoms with Gasteiger partial charge in [-0.3, -0.25) is 0 Å². The average Bonchev–Trinajstić information content (AvgIpc) is 3.19. The normalized spacial score (nSPS) is 14.5. The Labute approximate surface area is 122 Å². The Balaban J connectivity index is 1.75. The fourth-order valence-corrected chi connectivity index (χ4v) is 2.80. The van der Waals surface area contributed by atoms with Gasteiger partial charge in [0.25, 0.3) is 0 Å². The summed E-state index contributed by atoms with van der Waals surface area (Å²) in [5.74, 6) is 2.81. The Morgan fingerprint density at radius 3 is 2.85 bits per heavy atom. The third kappa shape index (κ3) is 2.75. The number of nitrogens with two attached hydrogens (primary N) is 1. The van der Waals surface area contributed by atoms with Crippen LogP contribution in [0.2, 0.25) is 0 Å². The SMILES string of the molecule is CCc1cnc(CNc2nc(C3CC3)nc(N)c2C)s1. The van der Waals surface area contributed by atoms with E-state index in [-0.39, 0.29) is 0 Å². The second-order valence-electron chi connectivity index (χ2n) is 5.14. The van der Waals surface area contributed by atoms with Gasteiger partial charge in [-0.1, -0.05) is 6.92 Å². The molecule has 0 atom stereocenters. The van der Waals surface area contributed by atoms with Gasteiger partial charge in [-0.05, 0) is 26.2 Å². The standard InChI is InChI=1S/C14H19N5S/c1-3-10-6-16-11(20-10)7-17-13-8(2)12(15)18-14(19-13)9-4-5-9/h6,9H,3-5,7H2,1-2H3,(H3,15,17,18,19). The lowest BCUT2D eigenvalue weighted by Crippen LogP contribution is -2.09. The summed E-state index contributed by atoms with van der Waals surface area (Å²) < 4.78 is 0. The number of thiazole rings is 1. The Kier molecular flexibility index (Phi) is 3.56. The minimum Gasteiger partial charge on any atom is -0.383 e. The van der Waals surface area contributed by atoms with Gasteiger partial charge in [-0.2, -0.15) is 0 Å². The molecule has 2 aromatic rings. The van der Waals surface area contributed by atoms with Crippen LogP contribution in [0.5, 0.6) is 0 Å². The first-order valence-corrected chi connectivity index (χ1v) is 7.80. The van der Waals surface area contributed by atoms with E-state index < -0.39 is 0 Å². The molecule has 5 nitrogen and oxygen atoms in total. The van der Waals surface area contributed by atoms with E-state index >= 15 is 0 Å². The molecule has 1 aliphatic carbocycles. The molecule has 1 fully saturated rings. The Bertz CT molecular complexity index is 618. The number of nitrogen functional groups attached to an aromatic ring is 1. The first-order valence-electron chi connectivity index (χ1n) is 6.98. The fourth-order valence-electron chi connectivity index (χ4n) is 2.00. The zero-order valence-corrected chi connectivity index (χ0v) is 12.6. The molecule has 1 aliphatic rings. The molecule has 1 saturated carbocycles. The van der Waals surface area contributed by atoms with Gasteiger partial charge < -0.3 is 11.1 Å². The highest BCUT2D eigenvalue weighted by atomic mass is 32.1. The summed E-state index contributed by atoms with van der Waals surface area (Å²) in [5, 5.41) is 4.42. The highest BCUT2D eigenvalue weighted by molar-refractivity contribution is 7.11. The number of nitrogens with one attached hydrogen (secondary N) is 1. The maximum atomic E-state index is 5.98. The molecule has 106 valence electrons. The maximum Gasteiger partial charge on any atom is 0.136 e. The van der Waals surface area contributed by atoms with Gasteiger partial charge in [0.1, 0.15) is 22.5 Å². The molecule has 3 N–H and O–H groups in total. The summed E-state index contributed by atoms with van der Waals surface area (Å²) in [7, 11) is 0. The van der Waals surface area contributed by atoms with Crippen LogP contribution in [0.25, 0.3) is 0 Å². The molecule has 0 radical (unpaired) electrons. The minimum atomic E-state index is 0.505. The lowest BCUT2D eigenvalue weighted by atomic mass is 10.3. The Morgan fingerprint density at radius 2 is 2.20 bits per heavy atom. The summed E-state index contributed by atoms with van der Waals surface area (Å²) in [6.07, 6.45) is 5.32. The van der Waals surface area contributed by atoms with Crippen molar-refractivity contribution in [1.29, 1.82) is 0 Å². The van der Waals surface area contributed by atoms with Crippen LogP contribution in [0.4, 0.5) is 11.6 Å². The topological polar surface area (TPSA) is 76.7 Å². The Hall–Kier alpha value is -1.69. The third-order valence-corrected chi connectivity index (χ3v) is 4.64. The van der Waals surface area contributed by atoms with Gasteiger partial charge in [0.2, 0.25) is 0 Å². The third-order valence-electron chi connectivity index (χ3n) is 3.50. The monoisotopic (exact) mass is 289 g/mol. The van der Waals surface area contributed by atoms with E-state index in [1.54, 1.807) is 11.3 Å². The van der Waals surface area contributed by atoms with Crippen molar-refractivity contribution in [3.63, 3.8) is 0 Å². The summed E-state index contributed by atoms with van der Waals surface area (Å²) >= 11 is 1.74. The van der Waals surface area contributed by atoms with Crippen LogP contribution in [0.1, 0.15) is 47.0 Å². The molecule has 0 bridgehead atoms. The molecule has 0 spiro atoms. The van der Waals surface area contributed by atoms with Crippen LogP contribution < -0.4 is 11.1 Å². The smallest absolute Gasteiger partial charge is 0.136 e. The molecular weight excluding hydrogens is 270 g/mol. The van der Waals surface area contributed by atoms with Crippen LogP contribution in [0, 0.1) is 6.92 Å². The fraction of sp³-hybridized carbons (Fsp3) is 0.500. The second kappa shape index (κ2) is 5.36. The molecule has 3 rings (SSSR count). The summed E-state index contributed by atoms with van der Waals surface area (Å²) in [6.45, 7) is 4.78. The van der Waals surface area contributed by atoms with E-state index in [1.165, 1.54) is 17.7 Å². The van der Waals surface area contributed by atoms with Crippen LogP contribution >= 0.6 is 11.3 Å². The lowest BCUT2D eigenvalue weighted by molar-refractivity contribution is 0.916. The van der Waals surface area contributed by atoms with Crippen LogP contribution in [-0.2, 0) is 13.0 Å². The molecule has 2 heterocycles. The molecule has 6 heteroatoms. The quantitative estimate of drug-likeness (QED) is 0.885. The van der Waals surface area contributed by atoms with E-state index in [4.69, 9.17) is 5.73 Å². The summed E-state index contributed by atoms with van der Waals surface area (Å²) in [5.41, 5.74) is 6.90. The van der Waals surface area contributed by atoms with Crippen molar-refractivity contribution in [3.05, 3.63) is 27.5 Å². The number of aromatic nitrogens is 3. The van der Waals surface area contributed by atoms with Crippen molar-refractivity contribution in [1.82, 2.24) is 15.0 Å². The van der Waals surface area contributed by atoms with Crippen molar-refractivity contribution in [2.75, 3.05) is 11.1 Å². The van der Waals surface area contributed by atoms with Crippen LogP contribution in [-0.4, -0.2) is 15.0 Å². The summed E-state index contributed by atoms with van der Waals surface area (Å²) in [4.78, 5) is 14.7. The molecule has 0 amide bonds. The molecule has 20 heavy (non-hydrogen) atoms. The molecule has 0 saturated heterocycles. The predicted molar refractivity (Wildman–Crippen MR) is 82.0 cm³/mol. The van der Waals surface area contributed by atoms with Gasteiger partial charge in [0.15, 0.2) is 0 Å². The van der Waals surface area contributed by atoms with Gasteiger partial charge in [-0.25, -0.2) is 15.0 Å². The first kappa shape index (κ1) is 13.3. The average molecular weight is 289 g/mol. The van der Waals surface area contributed by atoms with Gasteiger partial charge in [-0.15, -0.1) is 11.3 Å². The molecule has 2 aromatic heterocycles. The second-order valence-corrected chi connectivity index (χ2v) is 6.34. The van der Waals surface area contributed by atoms with Crippen molar-refractivity contribution in [2.45, 2.75) is 45.6 Å². The van der Waals surface area contributed by atoms with Gasteiger partial charge in [0.05, 0.1) is 6.54 Å². The number of nitrogens with zero attached hydrogens (tertiary/aromatic N) is 3. The number of hydrogen-bond acceptors (Lipinski definition) is 6. The van der Waals surface area contributed by atoms with Gasteiger partial charge in [0, 0.05) is 22.6 Å². The van der Waals surface area contributed by atoms with E-state index in [2.05, 4.69) is 27.2 Å². The lowest BCUT2D eigenvalue weighted by Gasteiger charge is -2.10. The van der Waals surface area contributed by atoms with E-state index in [1.807, 2.05) is 13.1 Å². The van der Waals surface area contributed by atoms with Crippen molar-refractivity contribution >= 4 is 23.0 Å². The number of aryl methyl sites for hydroxylation is 1. The minimum absolute atomic E-state index is 0.505. The zero-order valence-electron chi connectivity index (χ0n) is 11.8. The molecule has 0 aromatic carbocycles. The van der Waals surface area contributed by atoms with Crippen molar-refractivity contribution < 1.29 is 0 Å².